The molecule has 2 heteroatoms. The number of likely N-dealkylation sites (tertiary alicyclic amines) is 1. The van der Waals surface area contributed by atoms with Gasteiger partial charge in [0, 0.05) is 13.1 Å². The van der Waals surface area contributed by atoms with Gasteiger partial charge in [-0.3, -0.25) is 4.79 Å². The summed E-state index contributed by atoms with van der Waals surface area (Å²) in [6.45, 7) is 5.73. The van der Waals surface area contributed by atoms with Gasteiger partial charge in [0.2, 0.25) is 5.91 Å². The normalized spacial score (nSPS) is 17.9. The summed E-state index contributed by atoms with van der Waals surface area (Å²) in [5.41, 5.74) is 4.07. The predicted octanol–water partition coefficient (Wildman–Crippen LogP) is 4.54. The molecule has 0 spiro atoms. The van der Waals surface area contributed by atoms with Crippen LogP contribution in [0, 0.1) is 0 Å². The van der Waals surface area contributed by atoms with E-state index in [1.165, 1.54) is 17.5 Å². The van der Waals surface area contributed by atoms with E-state index in [-0.39, 0.29) is 5.91 Å². The van der Waals surface area contributed by atoms with Gasteiger partial charge in [0.1, 0.15) is 5.41 Å². The molecule has 0 bridgehead atoms. The zero-order valence-corrected chi connectivity index (χ0v) is 14.0. The third kappa shape index (κ3) is 2.06. The summed E-state index contributed by atoms with van der Waals surface area (Å²) in [6, 6.07) is 16.8. The summed E-state index contributed by atoms with van der Waals surface area (Å²) in [5.74, 6) is 0.250. The minimum Gasteiger partial charge on any atom is -0.342 e. The number of piperidine rings is 1. The van der Waals surface area contributed by atoms with E-state index < -0.39 is 5.41 Å². The second kappa shape index (κ2) is 5.94. The molecule has 0 N–H and O–H groups in total. The monoisotopic (exact) mass is 317 g/mol. The summed E-state index contributed by atoms with van der Waals surface area (Å²) >= 11 is 0. The number of fused-ring (bicyclic) bond motifs is 3. The molecule has 1 amide bonds. The molecule has 1 heterocycles. The lowest BCUT2D eigenvalue weighted by atomic mass is 9.74. The van der Waals surface area contributed by atoms with Crippen LogP contribution in [0.4, 0.5) is 0 Å². The zero-order chi connectivity index (χ0) is 16.6. The minimum absolute atomic E-state index is 0.250. The molecule has 2 nitrogen and oxygen atoms in total. The van der Waals surface area contributed by atoms with Gasteiger partial charge in [-0.05, 0) is 47.9 Å². The Hall–Kier alpha value is -2.35. The molecule has 1 saturated heterocycles. The standard InChI is InChI=1S/C22H23NO/c1-2-14-22(21(24)23-15-8-3-9-16-23)19-12-6-4-10-17(19)18-11-5-7-13-20(18)22/h2,4-7,10-13H,1,3,8-9,14-16H2. The van der Waals surface area contributed by atoms with Crippen molar-refractivity contribution in [2.45, 2.75) is 31.1 Å². The van der Waals surface area contributed by atoms with E-state index in [4.69, 9.17) is 0 Å². The highest BCUT2D eigenvalue weighted by Crippen LogP contribution is 2.51. The molecule has 1 fully saturated rings. The Kier molecular flexibility index (Phi) is 3.76. The Morgan fingerprint density at radius 3 is 2.04 bits per heavy atom. The van der Waals surface area contributed by atoms with Gasteiger partial charge in [0.05, 0.1) is 0 Å². The van der Waals surface area contributed by atoms with Crippen molar-refractivity contribution in [3.8, 4) is 11.1 Å². The van der Waals surface area contributed by atoms with Crippen molar-refractivity contribution in [1.29, 1.82) is 0 Å². The second-order valence-corrected chi connectivity index (χ2v) is 6.84. The first-order chi connectivity index (χ1) is 11.8. The van der Waals surface area contributed by atoms with Gasteiger partial charge in [0.25, 0.3) is 0 Å². The van der Waals surface area contributed by atoms with Crippen LogP contribution in [0.1, 0.15) is 36.8 Å². The van der Waals surface area contributed by atoms with Crippen molar-refractivity contribution in [3.63, 3.8) is 0 Å². The van der Waals surface area contributed by atoms with Gasteiger partial charge in [-0.2, -0.15) is 0 Å². The van der Waals surface area contributed by atoms with Gasteiger partial charge in [-0.15, -0.1) is 6.58 Å². The summed E-state index contributed by atoms with van der Waals surface area (Å²) in [4.78, 5) is 15.8. The van der Waals surface area contributed by atoms with Crippen molar-refractivity contribution in [3.05, 3.63) is 72.3 Å². The largest absolute Gasteiger partial charge is 0.342 e. The van der Waals surface area contributed by atoms with E-state index in [0.29, 0.717) is 6.42 Å². The quantitative estimate of drug-likeness (QED) is 0.761. The number of carbonyl (C=O) groups is 1. The topological polar surface area (TPSA) is 20.3 Å². The van der Waals surface area contributed by atoms with Crippen molar-refractivity contribution < 1.29 is 4.79 Å². The molecule has 0 aromatic heterocycles. The average molecular weight is 317 g/mol. The molecule has 4 rings (SSSR count). The molecule has 0 radical (unpaired) electrons. The van der Waals surface area contributed by atoms with Crippen molar-refractivity contribution in [2.24, 2.45) is 0 Å². The second-order valence-electron chi connectivity index (χ2n) is 6.84. The number of carbonyl (C=O) groups excluding carboxylic acids is 1. The lowest BCUT2D eigenvalue weighted by Crippen LogP contribution is -2.48. The number of amides is 1. The van der Waals surface area contributed by atoms with Crippen LogP contribution in [0.25, 0.3) is 11.1 Å². The SMILES string of the molecule is C=CCC1(C(=O)N2CCCCC2)c2ccccc2-c2ccccc21. The Bertz CT molecular complexity index is 741. The van der Waals surface area contributed by atoms with Crippen LogP contribution in [-0.2, 0) is 10.2 Å². The molecule has 2 aliphatic rings. The van der Waals surface area contributed by atoms with Crippen LogP contribution in [0.2, 0.25) is 0 Å². The van der Waals surface area contributed by atoms with Crippen molar-refractivity contribution in [1.82, 2.24) is 4.90 Å². The molecule has 1 aliphatic heterocycles. The molecule has 2 aromatic rings. The molecule has 0 saturated carbocycles. The van der Waals surface area contributed by atoms with Gasteiger partial charge < -0.3 is 4.90 Å². The number of benzene rings is 2. The van der Waals surface area contributed by atoms with Crippen molar-refractivity contribution >= 4 is 5.91 Å². The summed E-state index contributed by atoms with van der Waals surface area (Å²) in [6.07, 6.45) is 6.00. The van der Waals surface area contributed by atoms with Gasteiger partial charge >= 0.3 is 0 Å². The first kappa shape index (κ1) is 15.2. The molecule has 2 aromatic carbocycles. The number of hydrogen-bond donors (Lipinski definition) is 0. The zero-order valence-electron chi connectivity index (χ0n) is 14.0. The number of hydrogen-bond acceptors (Lipinski definition) is 1. The predicted molar refractivity (Wildman–Crippen MR) is 97.9 cm³/mol. The molecular weight excluding hydrogens is 294 g/mol. The van der Waals surface area contributed by atoms with E-state index in [1.807, 2.05) is 18.2 Å². The number of rotatable bonds is 3. The highest BCUT2D eigenvalue weighted by molar-refractivity contribution is 6.00. The molecule has 24 heavy (non-hydrogen) atoms. The minimum atomic E-state index is -0.605. The van der Waals surface area contributed by atoms with E-state index in [9.17, 15) is 4.79 Å². The smallest absolute Gasteiger partial charge is 0.238 e. The van der Waals surface area contributed by atoms with Crippen LogP contribution >= 0.6 is 0 Å². The van der Waals surface area contributed by atoms with E-state index in [2.05, 4.69) is 47.9 Å². The first-order valence-corrected chi connectivity index (χ1v) is 8.88. The van der Waals surface area contributed by atoms with Crippen molar-refractivity contribution in [2.75, 3.05) is 13.1 Å². The Labute approximate surface area is 143 Å². The van der Waals surface area contributed by atoms with Gasteiger partial charge in [-0.25, -0.2) is 0 Å². The molecule has 122 valence electrons. The fraction of sp³-hybridized carbons (Fsp3) is 0.318. The van der Waals surface area contributed by atoms with E-state index in [1.54, 1.807) is 0 Å². The van der Waals surface area contributed by atoms with Crippen LogP contribution in [-0.4, -0.2) is 23.9 Å². The number of allylic oxidation sites excluding steroid dienone is 1. The van der Waals surface area contributed by atoms with Crippen LogP contribution in [0.3, 0.4) is 0 Å². The lowest BCUT2D eigenvalue weighted by Gasteiger charge is -2.37. The maximum atomic E-state index is 13.7. The van der Waals surface area contributed by atoms with Crippen LogP contribution in [0.15, 0.2) is 61.2 Å². The summed E-state index contributed by atoms with van der Waals surface area (Å²) < 4.78 is 0. The fourth-order valence-electron chi connectivity index (χ4n) is 4.45. The van der Waals surface area contributed by atoms with Gasteiger partial charge in [-0.1, -0.05) is 54.6 Å². The highest BCUT2D eigenvalue weighted by Gasteiger charge is 2.49. The lowest BCUT2D eigenvalue weighted by molar-refractivity contribution is -0.136. The Morgan fingerprint density at radius 2 is 1.50 bits per heavy atom. The summed E-state index contributed by atoms with van der Waals surface area (Å²) in [7, 11) is 0. The molecule has 0 unspecified atom stereocenters. The highest BCUT2D eigenvalue weighted by atomic mass is 16.2. The van der Waals surface area contributed by atoms with E-state index in [0.717, 1.165) is 37.1 Å². The first-order valence-electron chi connectivity index (χ1n) is 8.88. The van der Waals surface area contributed by atoms with Crippen LogP contribution < -0.4 is 0 Å². The molecule has 0 atom stereocenters. The van der Waals surface area contributed by atoms with E-state index >= 15 is 0 Å². The Balaban J connectivity index is 1.93. The Morgan fingerprint density at radius 1 is 0.958 bits per heavy atom. The third-order valence-electron chi connectivity index (χ3n) is 5.52. The number of nitrogens with zero attached hydrogens (tertiary/aromatic N) is 1. The fourth-order valence-corrected chi connectivity index (χ4v) is 4.45. The maximum absolute atomic E-state index is 13.7. The average Bonchev–Trinajstić information content (AvgIpc) is 2.94. The van der Waals surface area contributed by atoms with Crippen LogP contribution in [0.5, 0.6) is 0 Å². The maximum Gasteiger partial charge on any atom is 0.238 e. The van der Waals surface area contributed by atoms with Gasteiger partial charge in [0.15, 0.2) is 0 Å². The summed E-state index contributed by atoms with van der Waals surface area (Å²) in [5, 5.41) is 0. The molecule has 1 aliphatic carbocycles. The third-order valence-corrected chi connectivity index (χ3v) is 5.52. The molecular formula is C22H23NO.